The largest absolute Gasteiger partial charge is 0.489 e. The fourth-order valence-electron chi connectivity index (χ4n) is 3.90. The Morgan fingerprint density at radius 3 is 1.82 bits per heavy atom. The van der Waals surface area contributed by atoms with E-state index in [2.05, 4.69) is 21.2 Å². The lowest BCUT2D eigenvalue weighted by Gasteiger charge is -2.26. The van der Waals surface area contributed by atoms with Crippen LogP contribution in [0.3, 0.4) is 0 Å². The molecule has 0 aromatic heterocycles. The van der Waals surface area contributed by atoms with Gasteiger partial charge in [-0.3, -0.25) is 14.9 Å². The van der Waals surface area contributed by atoms with E-state index in [1.165, 1.54) is 18.2 Å². The third-order valence-electron chi connectivity index (χ3n) is 6.03. The molecule has 200 valence electrons. The molecule has 0 aliphatic carbocycles. The Bertz CT molecular complexity index is 1570. The summed E-state index contributed by atoms with van der Waals surface area (Å²) in [5.41, 5.74) is 2.47. The van der Waals surface area contributed by atoms with Gasteiger partial charge in [-0.1, -0.05) is 52.3 Å². The fraction of sp³-hybridized carbons (Fsp3) is 0.0645. The Morgan fingerprint density at radius 1 is 0.725 bits per heavy atom. The van der Waals surface area contributed by atoms with E-state index < -0.39 is 17.8 Å². The number of carbonyl (C=O) groups excluding carboxylic acids is 3. The minimum Gasteiger partial charge on any atom is -0.489 e. The molecule has 1 fully saturated rings. The maximum absolute atomic E-state index is 13.2. The summed E-state index contributed by atoms with van der Waals surface area (Å²) in [5, 5.41) is 2.22. The van der Waals surface area contributed by atoms with Crippen molar-refractivity contribution < 1.29 is 28.2 Å². The molecule has 0 radical (unpaired) electrons. The highest BCUT2D eigenvalue weighted by Gasteiger charge is 2.36. The van der Waals surface area contributed by atoms with E-state index in [-0.39, 0.29) is 18.0 Å². The van der Waals surface area contributed by atoms with Gasteiger partial charge in [0.2, 0.25) is 0 Å². The van der Waals surface area contributed by atoms with Crippen molar-refractivity contribution in [3.63, 3.8) is 0 Å². The summed E-state index contributed by atoms with van der Waals surface area (Å²) in [4.78, 5) is 39.2. The minimum absolute atomic E-state index is 0.185. The molecule has 1 aliphatic heterocycles. The second-order valence-electron chi connectivity index (χ2n) is 8.85. The van der Waals surface area contributed by atoms with Crippen molar-refractivity contribution in [3.8, 4) is 11.5 Å². The third kappa shape index (κ3) is 6.44. The zero-order valence-corrected chi connectivity index (χ0v) is 22.6. The molecule has 1 saturated heterocycles. The molecule has 4 amide bonds. The van der Waals surface area contributed by atoms with Gasteiger partial charge < -0.3 is 9.47 Å². The van der Waals surface area contributed by atoms with E-state index in [0.29, 0.717) is 29.4 Å². The van der Waals surface area contributed by atoms with Crippen molar-refractivity contribution in [2.45, 2.75) is 13.2 Å². The summed E-state index contributed by atoms with van der Waals surface area (Å²) in [5.74, 6) is -0.720. The van der Waals surface area contributed by atoms with Crippen LogP contribution in [-0.2, 0) is 22.8 Å². The second kappa shape index (κ2) is 12.0. The lowest BCUT2D eigenvalue weighted by molar-refractivity contribution is -0.122. The standard InChI is InChI=1S/C31H22BrFN2O5/c32-23-7-1-21(2-8-23)18-40-27-15-11-25(12-16-27)35-30(37)28(29(36)34-31(35)38)17-20-5-13-26(14-6-20)39-19-22-3-9-24(33)10-4-22/h1-17H,18-19H2,(H,34,36,38)/b28-17+. The summed E-state index contributed by atoms with van der Waals surface area (Å²) in [7, 11) is 0. The normalized spacial score (nSPS) is 14.3. The first kappa shape index (κ1) is 26.8. The summed E-state index contributed by atoms with van der Waals surface area (Å²) in [6.07, 6.45) is 1.41. The lowest BCUT2D eigenvalue weighted by atomic mass is 10.1. The third-order valence-corrected chi connectivity index (χ3v) is 6.55. The number of hydrogen-bond donors (Lipinski definition) is 1. The number of carbonyl (C=O) groups is 3. The predicted octanol–water partition coefficient (Wildman–Crippen LogP) is 6.41. The van der Waals surface area contributed by atoms with Gasteiger partial charge in [-0.2, -0.15) is 0 Å². The monoisotopic (exact) mass is 600 g/mol. The van der Waals surface area contributed by atoms with Crippen LogP contribution in [0.15, 0.2) is 107 Å². The number of amides is 4. The van der Waals surface area contributed by atoms with Gasteiger partial charge in [-0.05, 0) is 83.4 Å². The smallest absolute Gasteiger partial charge is 0.335 e. The predicted molar refractivity (Wildman–Crippen MR) is 151 cm³/mol. The number of benzene rings is 4. The molecule has 1 heterocycles. The van der Waals surface area contributed by atoms with Crippen molar-refractivity contribution in [1.82, 2.24) is 5.32 Å². The van der Waals surface area contributed by atoms with Gasteiger partial charge in [-0.15, -0.1) is 0 Å². The number of imide groups is 2. The van der Waals surface area contributed by atoms with Crippen molar-refractivity contribution >= 4 is 45.5 Å². The van der Waals surface area contributed by atoms with Crippen LogP contribution in [0.1, 0.15) is 16.7 Å². The van der Waals surface area contributed by atoms with Gasteiger partial charge in [0, 0.05) is 4.47 Å². The number of barbiturate groups is 1. The Kier molecular flexibility index (Phi) is 8.02. The van der Waals surface area contributed by atoms with Crippen LogP contribution < -0.4 is 19.7 Å². The highest BCUT2D eigenvalue weighted by atomic mass is 79.9. The Balaban J connectivity index is 1.25. The molecule has 1 N–H and O–H groups in total. The summed E-state index contributed by atoms with van der Waals surface area (Å²) in [6.45, 7) is 0.611. The number of rotatable bonds is 8. The molecule has 0 bridgehead atoms. The average Bonchev–Trinajstić information content (AvgIpc) is 2.96. The number of ether oxygens (including phenoxy) is 2. The van der Waals surface area contributed by atoms with Crippen LogP contribution >= 0.6 is 15.9 Å². The topological polar surface area (TPSA) is 84.9 Å². The van der Waals surface area contributed by atoms with Gasteiger partial charge in [0.15, 0.2) is 0 Å². The molecule has 1 aliphatic rings. The molecule has 0 spiro atoms. The number of urea groups is 1. The molecule has 40 heavy (non-hydrogen) atoms. The molecule has 5 rings (SSSR count). The summed E-state index contributed by atoms with van der Waals surface area (Å²) >= 11 is 3.40. The number of nitrogens with one attached hydrogen (secondary N) is 1. The van der Waals surface area contributed by atoms with E-state index in [9.17, 15) is 18.8 Å². The second-order valence-corrected chi connectivity index (χ2v) is 9.77. The summed E-state index contributed by atoms with van der Waals surface area (Å²) < 4.78 is 25.5. The van der Waals surface area contributed by atoms with Gasteiger partial charge >= 0.3 is 6.03 Å². The van der Waals surface area contributed by atoms with E-state index in [0.717, 1.165) is 20.5 Å². The molecule has 0 atom stereocenters. The van der Waals surface area contributed by atoms with Crippen molar-refractivity contribution in [1.29, 1.82) is 0 Å². The molecule has 0 saturated carbocycles. The number of nitrogens with zero attached hydrogens (tertiary/aromatic N) is 1. The van der Waals surface area contributed by atoms with Gasteiger partial charge in [0.25, 0.3) is 11.8 Å². The van der Waals surface area contributed by atoms with Crippen LogP contribution in [0.5, 0.6) is 11.5 Å². The first-order valence-electron chi connectivity index (χ1n) is 12.2. The number of halogens is 2. The molecule has 4 aromatic carbocycles. The maximum atomic E-state index is 13.2. The SMILES string of the molecule is O=C1NC(=O)N(c2ccc(OCc3ccc(Br)cc3)cc2)C(=O)/C1=C/c1ccc(OCc2ccc(F)cc2)cc1. The van der Waals surface area contributed by atoms with Crippen LogP contribution in [0, 0.1) is 5.82 Å². The summed E-state index contributed by atoms with van der Waals surface area (Å²) in [6, 6.07) is 26.1. The highest BCUT2D eigenvalue weighted by molar-refractivity contribution is 9.10. The van der Waals surface area contributed by atoms with E-state index >= 15 is 0 Å². The molecule has 0 unspecified atom stereocenters. The molecule has 4 aromatic rings. The van der Waals surface area contributed by atoms with E-state index in [1.807, 2.05) is 24.3 Å². The van der Waals surface area contributed by atoms with Gasteiger partial charge in [-0.25, -0.2) is 14.1 Å². The van der Waals surface area contributed by atoms with Crippen LogP contribution in [0.4, 0.5) is 14.9 Å². The molecule has 9 heteroatoms. The lowest BCUT2D eigenvalue weighted by Crippen LogP contribution is -2.54. The first-order chi connectivity index (χ1) is 19.4. The van der Waals surface area contributed by atoms with Crippen molar-refractivity contribution in [3.05, 3.63) is 130 Å². The molecular formula is C31H22BrFN2O5. The molecule has 7 nitrogen and oxygen atoms in total. The Morgan fingerprint density at radius 2 is 1.25 bits per heavy atom. The quantitative estimate of drug-likeness (QED) is 0.186. The van der Waals surface area contributed by atoms with Gasteiger partial charge in [0.05, 0.1) is 5.69 Å². The van der Waals surface area contributed by atoms with Crippen LogP contribution in [-0.4, -0.2) is 17.8 Å². The minimum atomic E-state index is -0.833. The Hall–Kier alpha value is -4.76. The number of hydrogen-bond acceptors (Lipinski definition) is 5. The van der Waals surface area contributed by atoms with E-state index in [4.69, 9.17) is 9.47 Å². The van der Waals surface area contributed by atoms with Crippen LogP contribution in [0.2, 0.25) is 0 Å². The van der Waals surface area contributed by atoms with E-state index in [1.54, 1.807) is 60.7 Å². The first-order valence-corrected chi connectivity index (χ1v) is 13.0. The van der Waals surface area contributed by atoms with Crippen LogP contribution in [0.25, 0.3) is 6.08 Å². The maximum Gasteiger partial charge on any atom is 0.335 e. The number of anilines is 1. The van der Waals surface area contributed by atoms with Crippen molar-refractivity contribution in [2.75, 3.05) is 4.90 Å². The highest BCUT2D eigenvalue weighted by Crippen LogP contribution is 2.25. The van der Waals surface area contributed by atoms with Gasteiger partial charge in [0.1, 0.15) is 36.1 Å². The van der Waals surface area contributed by atoms with Crippen molar-refractivity contribution in [2.24, 2.45) is 0 Å². The fourth-order valence-corrected chi connectivity index (χ4v) is 4.17. The average molecular weight is 601 g/mol. The Labute approximate surface area is 238 Å². The molecular weight excluding hydrogens is 579 g/mol. The zero-order valence-electron chi connectivity index (χ0n) is 21.0. The zero-order chi connectivity index (χ0) is 28.1.